The van der Waals surface area contributed by atoms with E-state index in [1.54, 1.807) is 61.7 Å². The summed E-state index contributed by atoms with van der Waals surface area (Å²) in [6.07, 6.45) is 3.11. The lowest BCUT2D eigenvalue weighted by Crippen LogP contribution is -2.12. The summed E-state index contributed by atoms with van der Waals surface area (Å²) < 4.78 is 6.19. The molecule has 0 aliphatic carbocycles. The molecule has 0 radical (unpaired) electrons. The maximum absolute atomic E-state index is 12.3. The summed E-state index contributed by atoms with van der Waals surface area (Å²) in [7, 11) is 1.58. The Morgan fingerprint density at radius 1 is 0.897 bits per heavy atom. The van der Waals surface area contributed by atoms with E-state index in [1.807, 2.05) is 24.3 Å². The lowest BCUT2D eigenvalue weighted by Gasteiger charge is -2.08. The molecule has 0 fully saturated rings. The molecule has 3 aromatic rings. The molecule has 146 valence electrons. The molecule has 5 nitrogen and oxygen atoms in total. The van der Waals surface area contributed by atoms with Gasteiger partial charge in [-0.05, 0) is 54.6 Å². The van der Waals surface area contributed by atoms with E-state index in [1.165, 1.54) is 6.08 Å². The standard InChI is InChI=1S/C23H19BrN2O3/c1-29-21-12-11-18(24)14-17(21)10-13-22(27)25-19-8-5-9-20(15-19)26-23(28)16-6-3-2-4-7-16/h2-15H,1H3,(H,25,27)(H,26,28)/b13-10+. The van der Waals surface area contributed by atoms with E-state index < -0.39 is 0 Å². The monoisotopic (exact) mass is 450 g/mol. The molecule has 0 spiro atoms. The summed E-state index contributed by atoms with van der Waals surface area (Å²) in [5.41, 5.74) is 2.51. The molecule has 0 aliphatic heterocycles. The van der Waals surface area contributed by atoms with Gasteiger partial charge in [-0.3, -0.25) is 9.59 Å². The molecule has 6 heteroatoms. The first-order valence-corrected chi connectivity index (χ1v) is 9.63. The van der Waals surface area contributed by atoms with Crippen LogP contribution in [0.5, 0.6) is 5.75 Å². The van der Waals surface area contributed by atoms with E-state index in [0.29, 0.717) is 22.7 Å². The third-order valence-corrected chi connectivity index (χ3v) is 4.52. The number of benzene rings is 3. The van der Waals surface area contributed by atoms with Crippen LogP contribution in [0, 0.1) is 0 Å². The normalized spacial score (nSPS) is 10.6. The molecule has 3 aromatic carbocycles. The Balaban J connectivity index is 1.66. The van der Waals surface area contributed by atoms with E-state index in [0.717, 1.165) is 10.0 Å². The summed E-state index contributed by atoms with van der Waals surface area (Å²) in [6.45, 7) is 0. The van der Waals surface area contributed by atoms with Crippen molar-refractivity contribution >= 4 is 45.2 Å². The molecule has 0 saturated heterocycles. The fraction of sp³-hybridized carbons (Fsp3) is 0.0435. The number of ether oxygens (including phenoxy) is 1. The van der Waals surface area contributed by atoms with Crippen molar-refractivity contribution in [2.75, 3.05) is 17.7 Å². The molecule has 0 aliphatic rings. The molecule has 0 aromatic heterocycles. The van der Waals surface area contributed by atoms with Crippen molar-refractivity contribution in [3.63, 3.8) is 0 Å². The highest BCUT2D eigenvalue weighted by Crippen LogP contribution is 2.24. The molecular weight excluding hydrogens is 432 g/mol. The van der Waals surface area contributed by atoms with E-state index in [9.17, 15) is 9.59 Å². The van der Waals surface area contributed by atoms with Crippen molar-refractivity contribution in [2.24, 2.45) is 0 Å². The van der Waals surface area contributed by atoms with Crippen molar-refractivity contribution < 1.29 is 14.3 Å². The number of hydrogen-bond acceptors (Lipinski definition) is 3. The van der Waals surface area contributed by atoms with Gasteiger partial charge < -0.3 is 15.4 Å². The molecule has 0 bridgehead atoms. The highest BCUT2D eigenvalue weighted by atomic mass is 79.9. The zero-order chi connectivity index (χ0) is 20.6. The maximum atomic E-state index is 12.3. The third kappa shape index (κ3) is 5.80. The van der Waals surface area contributed by atoms with E-state index in [-0.39, 0.29) is 11.8 Å². The molecule has 0 saturated carbocycles. The summed E-state index contributed by atoms with van der Waals surface area (Å²) in [4.78, 5) is 24.6. The molecule has 0 atom stereocenters. The summed E-state index contributed by atoms with van der Waals surface area (Å²) >= 11 is 3.41. The van der Waals surface area contributed by atoms with Gasteiger partial charge in [0.2, 0.25) is 5.91 Å². The van der Waals surface area contributed by atoms with Gasteiger partial charge >= 0.3 is 0 Å². The largest absolute Gasteiger partial charge is 0.496 e. The number of anilines is 2. The van der Waals surface area contributed by atoms with Crippen LogP contribution < -0.4 is 15.4 Å². The predicted octanol–water partition coefficient (Wildman–Crippen LogP) is 5.36. The number of methoxy groups -OCH3 is 1. The van der Waals surface area contributed by atoms with Crippen LogP contribution in [0.3, 0.4) is 0 Å². The topological polar surface area (TPSA) is 67.4 Å². The Morgan fingerprint density at radius 2 is 1.62 bits per heavy atom. The Hall–Kier alpha value is -3.38. The highest BCUT2D eigenvalue weighted by molar-refractivity contribution is 9.10. The van der Waals surface area contributed by atoms with Crippen LogP contribution >= 0.6 is 15.9 Å². The molecular formula is C23H19BrN2O3. The van der Waals surface area contributed by atoms with Crippen LogP contribution in [0.2, 0.25) is 0 Å². The molecule has 0 unspecified atom stereocenters. The number of carbonyl (C=O) groups is 2. The Labute approximate surface area is 177 Å². The quantitative estimate of drug-likeness (QED) is 0.496. The van der Waals surface area contributed by atoms with Gasteiger partial charge in [-0.25, -0.2) is 0 Å². The molecule has 3 rings (SSSR count). The van der Waals surface area contributed by atoms with Crippen LogP contribution in [0.25, 0.3) is 6.08 Å². The van der Waals surface area contributed by atoms with E-state index >= 15 is 0 Å². The van der Waals surface area contributed by atoms with Crippen LogP contribution in [0.4, 0.5) is 11.4 Å². The average Bonchev–Trinajstić information content (AvgIpc) is 2.73. The highest BCUT2D eigenvalue weighted by Gasteiger charge is 2.06. The van der Waals surface area contributed by atoms with Crippen molar-refractivity contribution in [3.05, 3.63) is 94.5 Å². The number of rotatable bonds is 6. The van der Waals surface area contributed by atoms with Gasteiger partial charge in [0.05, 0.1) is 7.11 Å². The van der Waals surface area contributed by atoms with Gasteiger partial charge in [0, 0.05) is 33.1 Å². The predicted molar refractivity (Wildman–Crippen MR) is 119 cm³/mol. The first-order valence-electron chi connectivity index (χ1n) is 8.84. The molecule has 2 N–H and O–H groups in total. The number of nitrogens with one attached hydrogen (secondary N) is 2. The maximum Gasteiger partial charge on any atom is 0.255 e. The Kier molecular flexibility index (Phi) is 6.81. The first-order chi connectivity index (χ1) is 14.0. The fourth-order valence-electron chi connectivity index (χ4n) is 2.65. The Bertz CT molecular complexity index is 1050. The van der Waals surface area contributed by atoms with Gasteiger partial charge in [-0.15, -0.1) is 0 Å². The fourth-order valence-corrected chi connectivity index (χ4v) is 3.03. The van der Waals surface area contributed by atoms with Crippen molar-refractivity contribution in [1.82, 2.24) is 0 Å². The summed E-state index contributed by atoms with van der Waals surface area (Å²) in [5, 5.41) is 5.61. The summed E-state index contributed by atoms with van der Waals surface area (Å²) in [5.74, 6) is 0.164. The van der Waals surface area contributed by atoms with Gasteiger partial charge in [-0.2, -0.15) is 0 Å². The average molecular weight is 451 g/mol. The summed E-state index contributed by atoms with van der Waals surface area (Å²) in [6, 6.07) is 21.5. The Morgan fingerprint density at radius 3 is 2.34 bits per heavy atom. The van der Waals surface area contributed by atoms with E-state index in [2.05, 4.69) is 26.6 Å². The van der Waals surface area contributed by atoms with Crippen LogP contribution in [0.1, 0.15) is 15.9 Å². The van der Waals surface area contributed by atoms with Crippen LogP contribution in [-0.4, -0.2) is 18.9 Å². The lowest BCUT2D eigenvalue weighted by atomic mass is 10.2. The first kappa shape index (κ1) is 20.4. The van der Waals surface area contributed by atoms with Gasteiger partial charge in [0.25, 0.3) is 5.91 Å². The third-order valence-electron chi connectivity index (χ3n) is 4.03. The molecule has 29 heavy (non-hydrogen) atoms. The van der Waals surface area contributed by atoms with Gasteiger partial charge in [0.15, 0.2) is 0 Å². The minimum Gasteiger partial charge on any atom is -0.496 e. The van der Waals surface area contributed by atoms with Gasteiger partial charge in [-0.1, -0.05) is 40.2 Å². The molecule has 0 heterocycles. The minimum absolute atomic E-state index is 0.212. The number of carbonyl (C=O) groups excluding carboxylic acids is 2. The smallest absolute Gasteiger partial charge is 0.255 e. The number of halogens is 1. The van der Waals surface area contributed by atoms with Crippen LogP contribution in [-0.2, 0) is 4.79 Å². The number of hydrogen-bond donors (Lipinski definition) is 2. The van der Waals surface area contributed by atoms with Crippen molar-refractivity contribution in [3.8, 4) is 5.75 Å². The molecule has 2 amide bonds. The second kappa shape index (κ2) is 9.71. The minimum atomic E-state index is -0.293. The SMILES string of the molecule is COc1ccc(Br)cc1/C=C/C(=O)Nc1cccc(NC(=O)c2ccccc2)c1. The van der Waals surface area contributed by atoms with Crippen molar-refractivity contribution in [2.45, 2.75) is 0 Å². The zero-order valence-electron chi connectivity index (χ0n) is 15.7. The van der Waals surface area contributed by atoms with E-state index in [4.69, 9.17) is 4.74 Å². The lowest BCUT2D eigenvalue weighted by molar-refractivity contribution is -0.111. The second-order valence-corrected chi connectivity index (χ2v) is 7.03. The van der Waals surface area contributed by atoms with Crippen molar-refractivity contribution in [1.29, 1.82) is 0 Å². The zero-order valence-corrected chi connectivity index (χ0v) is 17.3. The van der Waals surface area contributed by atoms with Gasteiger partial charge in [0.1, 0.15) is 5.75 Å². The second-order valence-electron chi connectivity index (χ2n) is 6.11. The number of amides is 2. The van der Waals surface area contributed by atoms with Crippen LogP contribution in [0.15, 0.2) is 83.3 Å².